The van der Waals surface area contributed by atoms with Crippen molar-refractivity contribution in [2.24, 2.45) is 0 Å². The van der Waals surface area contributed by atoms with Crippen LogP contribution in [0.4, 0.5) is 5.82 Å². The summed E-state index contributed by atoms with van der Waals surface area (Å²) in [5.41, 5.74) is 0.828. The summed E-state index contributed by atoms with van der Waals surface area (Å²) in [5.74, 6) is 0.537. The van der Waals surface area contributed by atoms with Gasteiger partial charge in [-0.3, -0.25) is 9.36 Å². The molecule has 0 unspecified atom stereocenters. The van der Waals surface area contributed by atoms with Crippen molar-refractivity contribution in [2.75, 3.05) is 19.0 Å². The Balaban J connectivity index is 1.36. The maximum absolute atomic E-state index is 12.6. The van der Waals surface area contributed by atoms with Crippen molar-refractivity contribution >= 4 is 34.3 Å². The van der Waals surface area contributed by atoms with E-state index in [2.05, 4.69) is 32.9 Å². The van der Waals surface area contributed by atoms with Crippen molar-refractivity contribution < 1.29 is 24.1 Å². The predicted molar refractivity (Wildman–Crippen MR) is 133 cm³/mol. The number of anilines is 1. The SMILES string of the molecule is COc1ccc(COC[C@H]2O[C@@H](n3ccc(NC(=O)c4ccccc4)nc3=O)[C@@H](I)[C@@H]2O)cc1. The molecule has 1 aromatic heterocycles. The minimum absolute atomic E-state index is 0.137. The lowest BCUT2D eigenvalue weighted by Crippen LogP contribution is -2.33. The van der Waals surface area contributed by atoms with Gasteiger partial charge in [0.15, 0.2) is 6.23 Å². The van der Waals surface area contributed by atoms with Gasteiger partial charge in [0.05, 0.1) is 30.4 Å². The van der Waals surface area contributed by atoms with Gasteiger partial charge in [0.25, 0.3) is 5.91 Å². The van der Waals surface area contributed by atoms with Crippen LogP contribution in [0.15, 0.2) is 71.7 Å². The number of halogens is 1. The number of methoxy groups -OCH3 is 1. The molecule has 0 saturated carbocycles. The fourth-order valence-electron chi connectivity index (χ4n) is 3.53. The second-order valence-electron chi connectivity index (χ2n) is 7.69. The molecule has 34 heavy (non-hydrogen) atoms. The number of aromatic nitrogens is 2. The quantitative estimate of drug-likeness (QED) is 0.313. The third kappa shape index (κ3) is 5.63. The van der Waals surface area contributed by atoms with E-state index in [1.54, 1.807) is 31.4 Å². The molecule has 3 aromatic rings. The van der Waals surface area contributed by atoms with Crippen LogP contribution < -0.4 is 15.7 Å². The molecule has 0 aliphatic carbocycles. The minimum atomic E-state index is -0.828. The molecule has 0 radical (unpaired) electrons. The van der Waals surface area contributed by atoms with Crippen LogP contribution in [-0.4, -0.2) is 50.4 Å². The topological polar surface area (TPSA) is 112 Å². The highest BCUT2D eigenvalue weighted by Crippen LogP contribution is 2.34. The number of hydrogen-bond donors (Lipinski definition) is 2. The Bertz CT molecular complexity index is 1170. The lowest BCUT2D eigenvalue weighted by Gasteiger charge is -2.17. The van der Waals surface area contributed by atoms with Crippen LogP contribution in [0.5, 0.6) is 5.75 Å². The highest BCUT2D eigenvalue weighted by atomic mass is 127. The van der Waals surface area contributed by atoms with Gasteiger partial charge in [0, 0.05) is 11.8 Å². The first kappa shape index (κ1) is 24.3. The van der Waals surface area contributed by atoms with Crippen molar-refractivity contribution in [3.63, 3.8) is 0 Å². The van der Waals surface area contributed by atoms with Gasteiger partial charge >= 0.3 is 5.69 Å². The maximum atomic E-state index is 12.6. The molecule has 0 bridgehead atoms. The van der Waals surface area contributed by atoms with E-state index < -0.39 is 28.1 Å². The summed E-state index contributed by atoms with van der Waals surface area (Å²) < 4.78 is 17.7. The molecule has 10 heteroatoms. The van der Waals surface area contributed by atoms with E-state index >= 15 is 0 Å². The number of alkyl halides is 1. The molecule has 0 spiro atoms. The summed E-state index contributed by atoms with van der Waals surface area (Å²) >= 11 is 2.06. The zero-order chi connectivity index (χ0) is 24.1. The van der Waals surface area contributed by atoms with E-state index in [0.717, 1.165) is 11.3 Å². The van der Waals surface area contributed by atoms with Gasteiger partial charge in [-0.15, -0.1) is 0 Å². The lowest BCUT2D eigenvalue weighted by molar-refractivity contribution is -0.0665. The Morgan fingerprint density at radius 3 is 2.59 bits per heavy atom. The Kier molecular flexibility index (Phi) is 7.93. The summed E-state index contributed by atoms with van der Waals surface area (Å²) in [6.07, 6.45) is -0.649. The normalized spacial score (nSPS) is 21.9. The average molecular weight is 577 g/mol. The van der Waals surface area contributed by atoms with Crippen LogP contribution >= 0.6 is 22.6 Å². The van der Waals surface area contributed by atoms with E-state index in [1.807, 2.05) is 30.3 Å². The standard InChI is InChI=1S/C24H24IN3O6/c1-32-17-9-7-15(8-10-17)13-33-14-18-21(29)20(25)23(34-18)28-12-11-19(27-24(28)31)26-22(30)16-5-3-2-4-6-16/h2-12,18,20-21,23,29H,13-14H2,1H3,(H,26,27,30,31)/t18-,20+,21-,23-/m1/s1. The number of hydrogen-bond acceptors (Lipinski definition) is 7. The van der Waals surface area contributed by atoms with Gasteiger partial charge in [-0.05, 0) is 35.9 Å². The predicted octanol–water partition coefficient (Wildman–Crippen LogP) is 2.78. The van der Waals surface area contributed by atoms with Gasteiger partial charge in [-0.2, -0.15) is 4.98 Å². The fourth-order valence-corrected chi connectivity index (χ4v) is 4.51. The van der Waals surface area contributed by atoms with Crippen molar-refractivity contribution in [3.8, 4) is 5.75 Å². The minimum Gasteiger partial charge on any atom is -0.497 e. The number of benzene rings is 2. The molecule has 178 valence electrons. The molecule has 1 fully saturated rings. The number of nitrogens with one attached hydrogen (secondary N) is 1. The number of amides is 1. The summed E-state index contributed by atoms with van der Waals surface area (Å²) in [4.78, 5) is 28.9. The Labute approximate surface area is 209 Å². The van der Waals surface area contributed by atoms with E-state index in [9.17, 15) is 14.7 Å². The summed E-state index contributed by atoms with van der Waals surface area (Å²) in [6.45, 7) is 0.515. The summed E-state index contributed by atoms with van der Waals surface area (Å²) in [7, 11) is 1.61. The molecule has 4 atom stereocenters. The number of aliphatic hydroxyl groups excluding tert-OH is 1. The zero-order valence-corrected chi connectivity index (χ0v) is 20.5. The van der Waals surface area contributed by atoms with Crippen LogP contribution in [0.25, 0.3) is 0 Å². The molecule has 2 N–H and O–H groups in total. The van der Waals surface area contributed by atoms with Crippen molar-refractivity contribution in [1.82, 2.24) is 9.55 Å². The average Bonchev–Trinajstić information content (AvgIpc) is 3.13. The number of aliphatic hydroxyl groups is 1. The van der Waals surface area contributed by atoms with E-state index in [-0.39, 0.29) is 18.3 Å². The molecule has 2 aromatic carbocycles. The third-order valence-electron chi connectivity index (χ3n) is 5.39. The van der Waals surface area contributed by atoms with Gasteiger partial charge < -0.3 is 24.6 Å². The Hall–Kier alpha value is -2.80. The highest BCUT2D eigenvalue weighted by molar-refractivity contribution is 14.1. The van der Waals surface area contributed by atoms with Gasteiger partial charge in [-0.25, -0.2) is 4.79 Å². The first-order chi connectivity index (χ1) is 16.5. The second kappa shape index (κ2) is 11.1. The smallest absolute Gasteiger partial charge is 0.351 e. The first-order valence-electron chi connectivity index (χ1n) is 10.6. The summed E-state index contributed by atoms with van der Waals surface area (Å²) in [5, 5.41) is 13.2. The van der Waals surface area contributed by atoms with Crippen LogP contribution in [0, 0.1) is 0 Å². The van der Waals surface area contributed by atoms with E-state index in [0.29, 0.717) is 12.2 Å². The van der Waals surface area contributed by atoms with Crippen LogP contribution in [0.3, 0.4) is 0 Å². The fraction of sp³-hybridized carbons (Fsp3) is 0.292. The largest absolute Gasteiger partial charge is 0.497 e. The monoisotopic (exact) mass is 577 g/mol. The van der Waals surface area contributed by atoms with Crippen LogP contribution in [0.2, 0.25) is 0 Å². The number of rotatable bonds is 8. The zero-order valence-electron chi connectivity index (χ0n) is 18.3. The van der Waals surface area contributed by atoms with Gasteiger partial charge in [-0.1, -0.05) is 52.9 Å². The highest BCUT2D eigenvalue weighted by Gasteiger charge is 2.43. The van der Waals surface area contributed by atoms with E-state index in [1.165, 1.54) is 16.8 Å². The van der Waals surface area contributed by atoms with Crippen molar-refractivity contribution in [1.29, 1.82) is 0 Å². The molecule has 1 amide bonds. The Morgan fingerprint density at radius 1 is 1.18 bits per heavy atom. The van der Waals surface area contributed by atoms with Crippen molar-refractivity contribution in [3.05, 3.63) is 88.5 Å². The molecule has 1 aliphatic rings. The van der Waals surface area contributed by atoms with Crippen molar-refractivity contribution in [2.45, 2.75) is 29.0 Å². The molecule has 1 aliphatic heterocycles. The Morgan fingerprint density at radius 2 is 1.91 bits per heavy atom. The maximum Gasteiger partial charge on any atom is 0.351 e. The van der Waals surface area contributed by atoms with Gasteiger partial charge in [0.1, 0.15) is 17.7 Å². The molecule has 4 rings (SSSR count). The first-order valence-corrected chi connectivity index (χ1v) is 11.8. The molecular weight excluding hydrogens is 553 g/mol. The number of ether oxygens (including phenoxy) is 3. The molecular formula is C24H24IN3O6. The molecule has 2 heterocycles. The van der Waals surface area contributed by atoms with Crippen LogP contribution in [0.1, 0.15) is 22.1 Å². The van der Waals surface area contributed by atoms with E-state index in [4.69, 9.17) is 14.2 Å². The number of carbonyl (C=O) groups excluding carboxylic acids is 1. The van der Waals surface area contributed by atoms with Gasteiger partial charge in [0.2, 0.25) is 0 Å². The number of carbonyl (C=O) groups is 1. The molecule has 1 saturated heterocycles. The molecule has 9 nitrogen and oxygen atoms in total. The van der Waals surface area contributed by atoms with Crippen LogP contribution in [-0.2, 0) is 16.1 Å². The second-order valence-corrected chi connectivity index (χ2v) is 9.12. The summed E-state index contributed by atoms with van der Waals surface area (Å²) in [6, 6.07) is 17.7. The number of nitrogens with zero attached hydrogens (tertiary/aromatic N) is 2. The lowest BCUT2D eigenvalue weighted by atomic mass is 10.2. The third-order valence-corrected chi connectivity index (χ3v) is 6.74.